The average Bonchev–Trinajstić information content (AvgIpc) is 2.25. The molecule has 1 amide bonds. The molecule has 0 aliphatic carbocycles. The summed E-state index contributed by atoms with van der Waals surface area (Å²) < 4.78 is -1.50. The number of halogens is 3. The number of hydrogen-bond acceptors (Lipinski definition) is 2. The first-order valence-electron chi connectivity index (χ1n) is 5.93. The number of alkyl halides is 3. The summed E-state index contributed by atoms with van der Waals surface area (Å²) in [4.78, 5) is 13.8. The van der Waals surface area contributed by atoms with Crippen molar-refractivity contribution < 1.29 is 4.79 Å². The van der Waals surface area contributed by atoms with Gasteiger partial charge in [-0.25, -0.2) is 0 Å². The summed E-state index contributed by atoms with van der Waals surface area (Å²) in [6.07, 6.45) is 2.81. The number of carbonyl (C=O) groups excluding carboxylic acids is 1. The molecule has 1 saturated heterocycles. The highest BCUT2D eigenvalue weighted by Gasteiger charge is 2.39. The van der Waals surface area contributed by atoms with Crippen molar-refractivity contribution in [3.63, 3.8) is 0 Å². The molecule has 0 unspecified atom stereocenters. The maximum atomic E-state index is 11.7. The molecule has 1 fully saturated rings. The van der Waals surface area contributed by atoms with E-state index in [0.717, 1.165) is 25.9 Å². The smallest absolute Gasteiger partial charge is 0.223 e. The molecule has 1 aliphatic heterocycles. The van der Waals surface area contributed by atoms with Crippen LogP contribution in [0.5, 0.6) is 0 Å². The summed E-state index contributed by atoms with van der Waals surface area (Å²) in [6.45, 7) is 5.36. The lowest BCUT2D eigenvalue weighted by atomic mass is 10.1. The molecule has 17 heavy (non-hydrogen) atoms. The fourth-order valence-electron chi connectivity index (χ4n) is 1.86. The monoisotopic (exact) mass is 300 g/mol. The van der Waals surface area contributed by atoms with E-state index in [1.54, 1.807) is 0 Å². The highest BCUT2D eigenvalue weighted by molar-refractivity contribution is 6.68. The molecule has 1 atom stereocenters. The number of likely N-dealkylation sites (tertiary alicyclic amines) is 1. The van der Waals surface area contributed by atoms with Crippen molar-refractivity contribution in [3.05, 3.63) is 0 Å². The van der Waals surface area contributed by atoms with Crippen LogP contribution in [0.15, 0.2) is 0 Å². The van der Waals surface area contributed by atoms with E-state index in [0.29, 0.717) is 0 Å². The Labute approximate surface area is 118 Å². The van der Waals surface area contributed by atoms with Crippen LogP contribution in [-0.4, -0.2) is 33.9 Å². The summed E-state index contributed by atoms with van der Waals surface area (Å²) in [7, 11) is 0. The topological polar surface area (TPSA) is 32.3 Å². The van der Waals surface area contributed by atoms with Gasteiger partial charge in [0.25, 0.3) is 0 Å². The van der Waals surface area contributed by atoms with Gasteiger partial charge in [-0.2, -0.15) is 0 Å². The maximum absolute atomic E-state index is 11.7. The zero-order valence-electron chi connectivity index (χ0n) is 10.2. The molecule has 0 spiro atoms. The van der Waals surface area contributed by atoms with Crippen LogP contribution in [0.2, 0.25) is 0 Å². The predicted molar refractivity (Wildman–Crippen MR) is 72.5 cm³/mol. The van der Waals surface area contributed by atoms with E-state index < -0.39 is 9.96 Å². The number of carbonyl (C=O) groups is 1. The zero-order valence-corrected chi connectivity index (χ0v) is 12.4. The molecule has 1 heterocycles. The first-order chi connectivity index (χ1) is 7.82. The van der Waals surface area contributed by atoms with E-state index in [2.05, 4.69) is 5.32 Å². The molecule has 3 nitrogen and oxygen atoms in total. The van der Waals surface area contributed by atoms with Gasteiger partial charge in [0.1, 0.15) is 6.17 Å². The molecule has 1 rings (SSSR count). The lowest BCUT2D eigenvalue weighted by molar-refractivity contribution is -0.126. The quantitative estimate of drug-likeness (QED) is 0.813. The summed E-state index contributed by atoms with van der Waals surface area (Å²) in [6, 6.07) is 0. The Bertz CT molecular complexity index is 260. The van der Waals surface area contributed by atoms with E-state index in [9.17, 15) is 4.79 Å². The van der Waals surface area contributed by atoms with Crippen LogP contribution in [-0.2, 0) is 4.79 Å². The van der Waals surface area contributed by atoms with Gasteiger partial charge < -0.3 is 5.32 Å². The molecule has 0 bridgehead atoms. The standard InChI is InChI=1S/C11H19Cl3N2O/c1-8(2)9(17)15-10(11(12,13)14)16-6-4-3-5-7-16/h8,10H,3-7H2,1-2H3,(H,15,17)/t10-/m0/s1. The number of nitrogens with zero attached hydrogens (tertiary/aromatic N) is 1. The first kappa shape index (κ1) is 15.4. The van der Waals surface area contributed by atoms with Crippen molar-refractivity contribution >= 4 is 40.7 Å². The number of amides is 1. The summed E-state index contributed by atoms with van der Waals surface area (Å²) in [5.41, 5.74) is 0. The van der Waals surface area contributed by atoms with E-state index in [1.807, 2.05) is 18.7 Å². The summed E-state index contributed by atoms with van der Waals surface area (Å²) >= 11 is 17.9. The van der Waals surface area contributed by atoms with Gasteiger partial charge in [-0.1, -0.05) is 55.1 Å². The molecule has 6 heteroatoms. The molecule has 0 radical (unpaired) electrons. The molecule has 100 valence electrons. The molecular formula is C11H19Cl3N2O. The minimum Gasteiger partial charge on any atom is -0.336 e. The first-order valence-corrected chi connectivity index (χ1v) is 7.07. The third-order valence-electron chi connectivity index (χ3n) is 2.87. The van der Waals surface area contributed by atoms with Crippen LogP contribution in [0.25, 0.3) is 0 Å². The third kappa shape index (κ3) is 4.82. The molecule has 1 aliphatic rings. The van der Waals surface area contributed by atoms with Crippen molar-refractivity contribution in [1.82, 2.24) is 10.2 Å². The third-order valence-corrected chi connectivity index (χ3v) is 3.49. The van der Waals surface area contributed by atoms with Crippen molar-refractivity contribution in [1.29, 1.82) is 0 Å². The lowest BCUT2D eigenvalue weighted by Gasteiger charge is -2.38. The Morgan fingerprint density at radius 2 is 1.71 bits per heavy atom. The lowest BCUT2D eigenvalue weighted by Crippen LogP contribution is -2.57. The van der Waals surface area contributed by atoms with E-state index in [-0.39, 0.29) is 11.8 Å². The van der Waals surface area contributed by atoms with Crippen LogP contribution in [0.4, 0.5) is 0 Å². The number of hydrogen-bond donors (Lipinski definition) is 1. The fraction of sp³-hybridized carbons (Fsp3) is 0.909. The van der Waals surface area contributed by atoms with Crippen LogP contribution < -0.4 is 5.32 Å². The number of nitrogens with one attached hydrogen (secondary N) is 1. The van der Waals surface area contributed by atoms with Crippen molar-refractivity contribution in [3.8, 4) is 0 Å². The van der Waals surface area contributed by atoms with Gasteiger partial charge in [-0.3, -0.25) is 9.69 Å². The van der Waals surface area contributed by atoms with Gasteiger partial charge in [-0.05, 0) is 12.8 Å². The van der Waals surface area contributed by atoms with Gasteiger partial charge in [0.15, 0.2) is 0 Å². The van der Waals surface area contributed by atoms with E-state index in [4.69, 9.17) is 34.8 Å². The van der Waals surface area contributed by atoms with Crippen molar-refractivity contribution in [2.75, 3.05) is 13.1 Å². The van der Waals surface area contributed by atoms with Gasteiger partial charge in [-0.15, -0.1) is 0 Å². The van der Waals surface area contributed by atoms with Crippen LogP contribution >= 0.6 is 34.8 Å². The second-order valence-corrected chi connectivity index (χ2v) is 7.07. The molecule has 0 aromatic rings. The maximum Gasteiger partial charge on any atom is 0.223 e. The highest BCUT2D eigenvalue weighted by Crippen LogP contribution is 2.33. The van der Waals surface area contributed by atoms with Crippen LogP contribution in [0.3, 0.4) is 0 Å². The number of rotatable bonds is 3. The van der Waals surface area contributed by atoms with Gasteiger partial charge in [0.2, 0.25) is 9.70 Å². The number of piperidine rings is 1. The Kier molecular flexibility index (Phi) is 5.84. The Balaban J connectivity index is 2.69. The summed E-state index contributed by atoms with van der Waals surface area (Å²) in [5.74, 6) is -0.207. The van der Waals surface area contributed by atoms with E-state index in [1.165, 1.54) is 6.42 Å². The highest BCUT2D eigenvalue weighted by atomic mass is 35.6. The van der Waals surface area contributed by atoms with Gasteiger partial charge in [0.05, 0.1) is 0 Å². The van der Waals surface area contributed by atoms with Crippen molar-refractivity contribution in [2.24, 2.45) is 5.92 Å². The molecule has 0 saturated carbocycles. The molecular weight excluding hydrogens is 282 g/mol. The van der Waals surface area contributed by atoms with Crippen LogP contribution in [0, 0.1) is 5.92 Å². The largest absolute Gasteiger partial charge is 0.336 e. The SMILES string of the molecule is CC(C)C(=O)N[C@@H](N1CCCCC1)C(Cl)(Cl)Cl. The minimum atomic E-state index is -1.50. The fourth-order valence-corrected chi connectivity index (χ4v) is 2.44. The zero-order chi connectivity index (χ0) is 13.1. The molecule has 0 aromatic carbocycles. The van der Waals surface area contributed by atoms with Gasteiger partial charge in [0, 0.05) is 19.0 Å². The Morgan fingerprint density at radius 1 is 1.18 bits per heavy atom. The van der Waals surface area contributed by atoms with Crippen LogP contribution in [0.1, 0.15) is 33.1 Å². The second-order valence-electron chi connectivity index (χ2n) is 4.70. The minimum absolute atomic E-state index is 0.0908. The normalized spacial score (nSPS) is 20.4. The summed E-state index contributed by atoms with van der Waals surface area (Å²) in [5, 5.41) is 2.82. The average molecular weight is 302 g/mol. The van der Waals surface area contributed by atoms with Crippen molar-refractivity contribution in [2.45, 2.75) is 43.1 Å². The second kappa shape index (κ2) is 6.46. The molecule has 1 N–H and O–H groups in total. The van der Waals surface area contributed by atoms with E-state index >= 15 is 0 Å². The predicted octanol–water partition coefficient (Wildman–Crippen LogP) is 2.94. The van der Waals surface area contributed by atoms with Gasteiger partial charge >= 0.3 is 0 Å². The Morgan fingerprint density at radius 3 is 2.12 bits per heavy atom. The molecule has 0 aromatic heterocycles. The Hall–Kier alpha value is 0.300.